The monoisotopic (exact) mass is 442 g/mol. The molecule has 1 atom stereocenters. The first-order valence-corrected chi connectivity index (χ1v) is 11.2. The van der Waals surface area contributed by atoms with E-state index in [4.69, 9.17) is 14.2 Å². The van der Waals surface area contributed by atoms with Gasteiger partial charge in [0.2, 0.25) is 0 Å². The fourth-order valence-corrected chi connectivity index (χ4v) is 4.15. The molecule has 0 spiro atoms. The molecular weight excluding hydrogens is 411 g/mol. The summed E-state index contributed by atoms with van der Waals surface area (Å²) in [4.78, 5) is 17.4. The van der Waals surface area contributed by atoms with Crippen LogP contribution in [0.4, 0.5) is 4.39 Å². The summed E-state index contributed by atoms with van der Waals surface area (Å²) < 4.78 is 31.2. The maximum atomic E-state index is 14.1. The number of morpholine rings is 1. The highest BCUT2D eigenvalue weighted by Crippen LogP contribution is 2.31. The standard InChI is InChI=1S/C25H31FN2O4/c1-18(2)14-28(15-19-7-8-22-23(13-19)32-12-11-31-22)25(29)24-17-27(9-10-30-24)16-20-5-3-4-6-21(20)26/h3-8,13,18,24H,9-12,14-17H2,1-2H3. The van der Waals surface area contributed by atoms with Crippen molar-refractivity contribution in [3.8, 4) is 11.5 Å². The highest BCUT2D eigenvalue weighted by molar-refractivity contribution is 5.81. The van der Waals surface area contributed by atoms with Gasteiger partial charge < -0.3 is 19.1 Å². The van der Waals surface area contributed by atoms with Gasteiger partial charge in [-0.2, -0.15) is 0 Å². The predicted octanol–water partition coefficient (Wildman–Crippen LogP) is 3.48. The number of carbonyl (C=O) groups excluding carboxylic acids is 1. The highest BCUT2D eigenvalue weighted by atomic mass is 19.1. The summed E-state index contributed by atoms with van der Waals surface area (Å²) in [6, 6.07) is 12.6. The lowest BCUT2D eigenvalue weighted by Crippen LogP contribution is -2.51. The minimum atomic E-state index is -0.563. The van der Waals surface area contributed by atoms with Gasteiger partial charge >= 0.3 is 0 Å². The largest absolute Gasteiger partial charge is 0.486 e. The minimum absolute atomic E-state index is 0.0353. The Kier molecular flexibility index (Phi) is 7.27. The molecule has 2 aromatic rings. The Labute approximate surface area is 188 Å². The van der Waals surface area contributed by atoms with Crippen LogP contribution in [0.1, 0.15) is 25.0 Å². The van der Waals surface area contributed by atoms with E-state index in [9.17, 15) is 9.18 Å². The fourth-order valence-electron chi connectivity index (χ4n) is 4.15. The number of hydrogen-bond donors (Lipinski definition) is 0. The molecule has 1 amide bonds. The van der Waals surface area contributed by atoms with Crippen LogP contribution in [0, 0.1) is 11.7 Å². The molecule has 0 saturated carbocycles. The summed E-state index contributed by atoms with van der Waals surface area (Å²) in [5, 5.41) is 0. The summed E-state index contributed by atoms with van der Waals surface area (Å²) in [5.41, 5.74) is 1.62. The third-order valence-electron chi connectivity index (χ3n) is 5.66. The Hall–Kier alpha value is -2.64. The lowest BCUT2D eigenvalue weighted by molar-refractivity contribution is -0.151. The van der Waals surface area contributed by atoms with Crippen molar-refractivity contribution in [2.75, 3.05) is 39.5 Å². The van der Waals surface area contributed by atoms with Gasteiger partial charge in [-0.3, -0.25) is 9.69 Å². The van der Waals surface area contributed by atoms with Gasteiger partial charge in [-0.1, -0.05) is 38.1 Å². The van der Waals surface area contributed by atoms with Crippen LogP contribution in [0.5, 0.6) is 11.5 Å². The van der Waals surface area contributed by atoms with E-state index in [1.165, 1.54) is 6.07 Å². The number of amides is 1. The van der Waals surface area contributed by atoms with E-state index < -0.39 is 6.10 Å². The maximum absolute atomic E-state index is 14.1. The summed E-state index contributed by atoms with van der Waals surface area (Å²) >= 11 is 0. The molecule has 2 aromatic carbocycles. The third-order valence-corrected chi connectivity index (χ3v) is 5.66. The molecule has 0 N–H and O–H groups in total. The Balaban J connectivity index is 1.44. The number of hydrogen-bond acceptors (Lipinski definition) is 5. The fraction of sp³-hybridized carbons (Fsp3) is 0.480. The van der Waals surface area contributed by atoms with Gasteiger partial charge in [-0.25, -0.2) is 4.39 Å². The number of carbonyl (C=O) groups is 1. The van der Waals surface area contributed by atoms with E-state index in [-0.39, 0.29) is 11.7 Å². The SMILES string of the molecule is CC(C)CN(Cc1ccc2c(c1)OCCO2)C(=O)C1CN(Cc2ccccc2F)CCO1. The van der Waals surface area contributed by atoms with Crippen molar-refractivity contribution in [3.63, 3.8) is 0 Å². The second kappa shape index (κ2) is 10.3. The second-order valence-corrected chi connectivity index (χ2v) is 8.78. The van der Waals surface area contributed by atoms with Gasteiger partial charge in [-0.05, 0) is 29.7 Å². The first-order chi connectivity index (χ1) is 15.5. The number of nitrogens with zero attached hydrogens (tertiary/aromatic N) is 2. The van der Waals surface area contributed by atoms with Crippen LogP contribution < -0.4 is 9.47 Å². The number of rotatable bonds is 7. The van der Waals surface area contributed by atoms with E-state index in [0.717, 1.165) is 17.1 Å². The molecule has 2 heterocycles. The van der Waals surface area contributed by atoms with Gasteiger partial charge in [-0.15, -0.1) is 0 Å². The number of benzene rings is 2. The molecule has 2 aliphatic heterocycles. The number of fused-ring (bicyclic) bond motifs is 1. The van der Waals surface area contributed by atoms with Crippen molar-refractivity contribution in [2.24, 2.45) is 5.92 Å². The molecule has 172 valence electrons. The Morgan fingerprint density at radius 1 is 1.12 bits per heavy atom. The van der Waals surface area contributed by atoms with Crippen molar-refractivity contribution >= 4 is 5.91 Å². The second-order valence-electron chi connectivity index (χ2n) is 8.78. The number of halogens is 1. The smallest absolute Gasteiger partial charge is 0.253 e. The van der Waals surface area contributed by atoms with E-state index in [2.05, 4.69) is 18.7 Å². The Morgan fingerprint density at radius 2 is 1.91 bits per heavy atom. The van der Waals surface area contributed by atoms with Crippen molar-refractivity contribution in [3.05, 3.63) is 59.4 Å². The van der Waals surface area contributed by atoms with E-state index in [1.807, 2.05) is 29.2 Å². The molecule has 6 nitrogen and oxygen atoms in total. The lowest BCUT2D eigenvalue weighted by Gasteiger charge is -2.35. The zero-order valence-electron chi connectivity index (χ0n) is 18.8. The molecule has 4 rings (SSSR count). The van der Waals surface area contributed by atoms with E-state index in [0.29, 0.717) is 64.0 Å². The summed E-state index contributed by atoms with van der Waals surface area (Å²) in [5.74, 6) is 1.51. The molecule has 32 heavy (non-hydrogen) atoms. The molecule has 1 unspecified atom stereocenters. The average molecular weight is 443 g/mol. The van der Waals surface area contributed by atoms with Gasteiger partial charge in [0.1, 0.15) is 25.1 Å². The zero-order valence-corrected chi connectivity index (χ0v) is 18.8. The normalized spacial score (nSPS) is 18.6. The van der Waals surface area contributed by atoms with Crippen LogP contribution in [0.2, 0.25) is 0 Å². The lowest BCUT2D eigenvalue weighted by atomic mass is 10.1. The number of ether oxygens (including phenoxy) is 3. The molecule has 1 fully saturated rings. The first-order valence-electron chi connectivity index (χ1n) is 11.2. The Morgan fingerprint density at radius 3 is 2.69 bits per heavy atom. The third kappa shape index (κ3) is 5.58. The zero-order chi connectivity index (χ0) is 22.5. The minimum Gasteiger partial charge on any atom is -0.486 e. The van der Waals surface area contributed by atoms with Crippen LogP contribution in [0.15, 0.2) is 42.5 Å². The van der Waals surface area contributed by atoms with E-state index >= 15 is 0 Å². The predicted molar refractivity (Wildman–Crippen MR) is 119 cm³/mol. The van der Waals surface area contributed by atoms with Gasteiger partial charge in [0.05, 0.1) is 6.61 Å². The van der Waals surface area contributed by atoms with Crippen LogP contribution >= 0.6 is 0 Å². The molecule has 1 saturated heterocycles. The van der Waals surface area contributed by atoms with E-state index in [1.54, 1.807) is 12.1 Å². The van der Waals surface area contributed by atoms with Crippen molar-refractivity contribution in [1.29, 1.82) is 0 Å². The summed E-state index contributed by atoms with van der Waals surface area (Å²) in [6.45, 7) is 8.39. The molecule has 0 aromatic heterocycles. The van der Waals surface area contributed by atoms with Crippen molar-refractivity contribution in [1.82, 2.24) is 9.80 Å². The molecule has 0 bridgehead atoms. The molecule has 0 radical (unpaired) electrons. The van der Waals surface area contributed by atoms with Crippen molar-refractivity contribution < 1.29 is 23.4 Å². The van der Waals surface area contributed by atoms with Gasteiger partial charge in [0.25, 0.3) is 5.91 Å². The molecule has 2 aliphatic rings. The molecule has 0 aliphatic carbocycles. The molecule has 7 heteroatoms. The maximum Gasteiger partial charge on any atom is 0.253 e. The quantitative estimate of drug-likeness (QED) is 0.657. The Bertz CT molecular complexity index is 936. The summed E-state index contributed by atoms with van der Waals surface area (Å²) in [6.07, 6.45) is -0.563. The topological polar surface area (TPSA) is 51.2 Å². The first kappa shape index (κ1) is 22.6. The molecular formula is C25H31FN2O4. The van der Waals surface area contributed by atoms with Gasteiger partial charge in [0, 0.05) is 38.3 Å². The highest BCUT2D eigenvalue weighted by Gasteiger charge is 2.31. The van der Waals surface area contributed by atoms with Crippen LogP contribution in [-0.2, 0) is 22.6 Å². The van der Waals surface area contributed by atoms with Gasteiger partial charge in [0.15, 0.2) is 11.5 Å². The van der Waals surface area contributed by atoms with Crippen molar-refractivity contribution in [2.45, 2.75) is 33.0 Å². The van der Waals surface area contributed by atoms with Crippen LogP contribution in [-0.4, -0.2) is 61.3 Å². The summed E-state index contributed by atoms with van der Waals surface area (Å²) in [7, 11) is 0. The average Bonchev–Trinajstić information content (AvgIpc) is 2.79. The van der Waals surface area contributed by atoms with Crippen LogP contribution in [0.3, 0.4) is 0 Å². The van der Waals surface area contributed by atoms with Crippen LogP contribution in [0.25, 0.3) is 0 Å².